The summed E-state index contributed by atoms with van der Waals surface area (Å²) < 4.78 is 29.6. The molecule has 7 heteroatoms. The van der Waals surface area contributed by atoms with Gasteiger partial charge in [0.05, 0.1) is 19.8 Å². The smallest absolute Gasteiger partial charge is 0.324 e. The van der Waals surface area contributed by atoms with Gasteiger partial charge in [-0.2, -0.15) is 4.98 Å². The van der Waals surface area contributed by atoms with Gasteiger partial charge in [0.15, 0.2) is 0 Å². The van der Waals surface area contributed by atoms with Crippen molar-refractivity contribution in [1.82, 2.24) is 10.1 Å². The van der Waals surface area contributed by atoms with Gasteiger partial charge < -0.3 is 18.9 Å². The van der Waals surface area contributed by atoms with Crippen LogP contribution < -0.4 is 9.64 Å². The highest BCUT2D eigenvalue weighted by Gasteiger charge is 2.24. The summed E-state index contributed by atoms with van der Waals surface area (Å²) in [5, 5.41) is 4.09. The first kappa shape index (κ1) is 18.4. The topological polar surface area (TPSA) is 60.6 Å². The van der Waals surface area contributed by atoms with Crippen LogP contribution in [0.15, 0.2) is 53.1 Å². The van der Waals surface area contributed by atoms with Crippen molar-refractivity contribution in [3.8, 4) is 17.1 Å². The predicted molar refractivity (Wildman–Crippen MR) is 103 cm³/mol. The Bertz CT molecular complexity index is 905. The quantitative estimate of drug-likeness (QED) is 0.639. The first-order chi connectivity index (χ1) is 13.7. The second-order valence-electron chi connectivity index (χ2n) is 6.76. The fraction of sp³-hybridized carbons (Fsp3) is 0.333. The Hall–Kier alpha value is -2.93. The number of anilines is 1. The van der Waals surface area contributed by atoms with Gasteiger partial charge in [-0.3, -0.25) is 0 Å². The van der Waals surface area contributed by atoms with Crippen LogP contribution in [0.5, 0.6) is 5.75 Å². The third-order valence-electron chi connectivity index (χ3n) is 4.85. The molecule has 4 rings (SSSR count). The lowest BCUT2D eigenvalue weighted by Gasteiger charge is -2.30. The fourth-order valence-corrected chi connectivity index (χ4v) is 3.23. The third-order valence-corrected chi connectivity index (χ3v) is 4.85. The summed E-state index contributed by atoms with van der Waals surface area (Å²) >= 11 is 0. The van der Waals surface area contributed by atoms with E-state index in [9.17, 15) is 4.39 Å². The van der Waals surface area contributed by atoms with Gasteiger partial charge in [-0.15, -0.1) is 0 Å². The Balaban J connectivity index is 1.31. The molecule has 0 bridgehead atoms. The van der Waals surface area contributed by atoms with E-state index in [-0.39, 0.29) is 11.9 Å². The van der Waals surface area contributed by atoms with Crippen LogP contribution >= 0.6 is 0 Å². The summed E-state index contributed by atoms with van der Waals surface area (Å²) in [6, 6.07) is 14.5. The van der Waals surface area contributed by atoms with Gasteiger partial charge in [-0.1, -0.05) is 29.4 Å². The normalized spacial score (nSPS) is 15.0. The Labute approximate surface area is 162 Å². The van der Waals surface area contributed by atoms with Crippen LogP contribution in [0.3, 0.4) is 0 Å². The summed E-state index contributed by atoms with van der Waals surface area (Å²) in [7, 11) is 1.63. The number of piperidine rings is 1. The lowest BCUT2D eigenvalue weighted by atomic mass is 10.1. The van der Waals surface area contributed by atoms with Gasteiger partial charge in [0.2, 0.25) is 5.82 Å². The molecule has 1 saturated heterocycles. The van der Waals surface area contributed by atoms with Crippen molar-refractivity contribution < 1.29 is 18.4 Å². The maximum Gasteiger partial charge on any atom is 0.324 e. The standard InChI is InChI=1S/C21H22FN3O3/c1-26-19-4-2-3-16(13-19)20-23-21(28-24-20)25-11-9-18(10-12-25)27-14-15-5-7-17(22)8-6-15/h2-8,13,18H,9-12,14H2,1H3. The number of methoxy groups -OCH3 is 1. The fourth-order valence-electron chi connectivity index (χ4n) is 3.23. The molecule has 0 amide bonds. The second-order valence-corrected chi connectivity index (χ2v) is 6.76. The number of halogens is 1. The van der Waals surface area contributed by atoms with Gasteiger partial charge in [0.25, 0.3) is 0 Å². The molecule has 0 atom stereocenters. The van der Waals surface area contributed by atoms with Crippen LogP contribution in [0.25, 0.3) is 11.4 Å². The van der Waals surface area contributed by atoms with E-state index in [1.54, 1.807) is 19.2 Å². The van der Waals surface area contributed by atoms with E-state index in [1.807, 2.05) is 24.3 Å². The minimum absolute atomic E-state index is 0.169. The molecular weight excluding hydrogens is 361 g/mol. The molecule has 0 N–H and O–H groups in total. The van der Waals surface area contributed by atoms with E-state index in [0.29, 0.717) is 18.4 Å². The zero-order valence-electron chi connectivity index (χ0n) is 15.7. The molecular formula is C21H22FN3O3. The van der Waals surface area contributed by atoms with Crippen LogP contribution in [-0.4, -0.2) is 36.4 Å². The van der Waals surface area contributed by atoms with Gasteiger partial charge >= 0.3 is 6.01 Å². The number of nitrogens with zero attached hydrogens (tertiary/aromatic N) is 3. The SMILES string of the molecule is COc1cccc(-c2noc(N3CCC(OCc4ccc(F)cc4)CC3)n2)c1. The number of aromatic nitrogens is 2. The largest absolute Gasteiger partial charge is 0.497 e. The molecule has 0 aliphatic carbocycles. The van der Waals surface area contributed by atoms with Crippen LogP contribution in [0.4, 0.5) is 10.4 Å². The van der Waals surface area contributed by atoms with Crippen LogP contribution in [-0.2, 0) is 11.3 Å². The molecule has 3 aromatic rings. The Morgan fingerprint density at radius 3 is 2.68 bits per heavy atom. The molecule has 0 unspecified atom stereocenters. The van der Waals surface area contributed by atoms with Gasteiger partial charge in [-0.05, 0) is 42.7 Å². The molecule has 1 aliphatic heterocycles. The van der Waals surface area contributed by atoms with E-state index in [0.717, 1.165) is 42.8 Å². The Morgan fingerprint density at radius 1 is 1.14 bits per heavy atom. The van der Waals surface area contributed by atoms with Crippen molar-refractivity contribution in [2.24, 2.45) is 0 Å². The first-order valence-electron chi connectivity index (χ1n) is 9.30. The van der Waals surface area contributed by atoms with E-state index in [4.69, 9.17) is 14.0 Å². The van der Waals surface area contributed by atoms with Crippen molar-refractivity contribution in [3.05, 3.63) is 59.9 Å². The maximum atomic E-state index is 13.0. The number of benzene rings is 2. The molecule has 1 aromatic heterocycles. The van der Waals surface area contributed by atoms with Gasteiger partial charge in [0.1, 0.15) is 11.6 Å². The average Bonchev–Trinajstić information content (AvgIpc) is 3.24. The first-order valence-corrected chi connectivity index (χ1v) is 9.30. The molecule has 28 heavy (non-hydrogen) atoms. The lowest BCUT2D eigenvalue weighted by molar-refractivity contribution is 0.0245. The highest BCUT2D eigenvalue weighted by Crippen LogP contribution is 2.25. The number of rotatable bonds is 6. The van der Waals surface area contributed by atoms with E-state index >= 15 is 0 Å². The van der Waals surface area contributed by atoms with Crippen LogP contribution in [0.2, 0.25) is 0 Å². The predicted octanol–water partition coefficient (Wildman–Crippen LogP) is 4.07. The van der Waals surface area contributed by atoms with E-state index in [2.05, 4.69) is 15.0 Å². The van der Waals surface area contributed by atoms with Crippen molar-refractivity contribution >= 4 is 6.01 Å². The van der Waals surface area contributed by atoms with Gasteiger partial charge in [-0.25, -0.2) is 4.39 Å². The molecule has 2 aromatic carbocycles. The second kappa shape index (κ2) is 8.39. The maximum absolute atomic E-state index is 13.0. The number of ether oxygens (including phenoxy) is 2. The molecule has 1 fully saturated rings. The molecule has 6 nitrogen and oxygen atoms in total. The molecule has 0 saturated carbocycles. The van der Waals surface area contributed by atoms with Crippen molar-refractivity contribution in [3.63, 3.8) is 0 Å². The minimum Gasteiger partial charge on any atom is -0.497 e. The third kappa shape index (κ3) is 4.31. The average molecular weight is 383 g/mol. The zero-order valence-corrected chi connectivity index (χ0v) is 15.7. The summed E-state index contributed by atoms with van der Waals surface area (Å²) in [5.41, 5.74) is 1.83. The number of hydrogen-bond acceptors (Lipinski definition) is 6. The Kier molecular flexibility index (Phi) is 5.53. The van der Waals surface area contributed by atoms with E-state index in [1.165, 1.54) is 12.1 Å². The zero-order chi connectivity index (χ0) is 19.3. The molecule has 1 aliphatic rings. The lowest BCUT2D eigenvalue weighted by Crippen LogP contribution is -2.37. The van der Waals surface area contributed by atoms with Gasteiger partial charge in [0, 0.05) is 18.7 Å². The minimum atomic E-state index is -0.232. The Morgan fingerprint density at radius 2 is 1.93 bits per heavy atom. The van der Waals surface area contributed by atoms with Crippen molar-refractivity contribution in [2.75, 3.05) is 25.1 Å². The summed E-state index contributed by atoms with van der Waals surface area (Å²) in [4.78, 5) is 6.60. The summed E-state index contributed by atoms with van der Waals surface area (Å²) in [5.74, 6) is 1.07. The van der Waals surface area contributed by atoms with Crippen molar-refractivity contribution in [1.29, 1.82) is 0 Å². The number of hydrogen-bond donors (Lipinski definition) is 0. The summed E-state index contributed by atoms with van der Waals surface area (Å²) in [6.07, 6.45) is 1.91. The molecule has 0 radical (unpaired) electrons. The highest BCUT2D eigenvalue weighted by atomic mass is 19.1. The highest BCUT2D eigenvalue weighted by molar-refractivity contribution is 5.58. The van der Waals surface area contributed by atoms with E-state index < -0.39 is 0 Å². The summed E-state index contributed by atoms with van der Waals surface area (Å²) in [6.45, 7) is 2.06. The molecule has 146 valence electrons. The van der Waals surface area contributed by atoms with Crippen LogP contribution in [0, 0.1) is 5.82 Å². The molecule has 2 heterocycles. The van der Waals surface area contributed by atoms with Crippen LogP contribution in [0.1, 0.15) is 18.4 Å². The van der Waals surface area contributed by atoms with Crippen molar-refractivity contribution in [2.45, 2.75) is 25.6 Å². The monoisotopic (exact) mass is 383 g/mol. The molecule has 0 spiro atoms.